The van der Waals surface area contributed by atoms with Gasteiger partial charge in [-0.2, -0.15) is 0 Å². The molecule has 128 valence electrons. The van der Waals surface area contributed by atoms with Crippen molar-refractivity contribution in [3.63, 3.8) is 0 Å². The van der Waals surface area contributed by atoms with Crippen LogP contribution in [0.25, 0.3) is 10.8 Å². The van der Waals surface area contributed by atoms with Crippen molar-refractivity contribution in [1.82, 2.24) is 9.88 Å². The normalized spacial score (nSPS) is 15.1. The van der Waals surface area contributed by atoms with Gasteiger partial charge in [-0.05, 0) is 24.3 Å². The van der Waals surface area contributed by atoms with Crippen LogP contribution in [0.5, 0.6) is 0 Å². The number of benzene rings is 2. The zero-order valence-electron chi connectivity index (χ0n) is 14.1. The first kappa shape index (κ1) is 16.1. The minimum absolute atomic E-state index is 0.0594. The number of amides is 1. The van der Waals surface area contributed by atoms with E-state index in [1.165, 1.54) is 29.6 Å². The van der Waals surface area contributed by atoms with Crippen molar-refractivity contribution < 1.29 is 4.79 Å². The highest BCUT2D eigenvalue weighted by molar-refractivity contribution is 7.14. The first-order chi connectivity index (χ1) is 12.3. The third-order valence-electron chi connectivity index (χ3n) is 4.65. The van der Waals surface area contributed by atoms with Gasteiger partial charge in [0.15, 0.2) is 5.13 Å². The molecule has 0 spiro atoms. The second-order valence-corrected chi connectivity index (χ2v) is 7.25. The molecule has 25 heavy (non-hydrogen) atoms. The van der Waals surface area contributed by atoms with Crippen LogP contribution in [0.15, 0.2) is 47.8 Å². The van der Waals surface area contributed by atoms with Crippen LogP contribution in [-0.2, 0) is 0 Å². The number of carbonyl (C=O) groups excluding carboxylic acids is 1. The van der Waals surface area contributed by atoms with Crippen molar-refractivity contribution in [2.24, 2.45) is 0 Å². The molecule has 0 aliphatic carbocycles. The molecule has 0 radical (unpaired) electrons. The molecule has 1 aliphatic rings. The van der Waals surface area contributed by atoms with Gasteiger partial charge in [-0.1, -0.05) is 49.2 Å². The summed E-state index contributed by atoms with van der Waals surface area (Å²) in [5, 5.41) is 8.33. The van der Waals surface area contributed by atoms with Crippen LogP contribution in [-0.4, -0.2) is 28.9 Å². The third-order valence-corrected chi connectivity index (χ3v) is 5.41. The zero-order chi connectivity index (χ0) is 17.1. The van der Waals surface area contributed by atoms with Crippen LogP contribution in [0.2, 0.25) is 0 Å². The standard InChI is InChI=1S/C20H21N3OS/c24-19(23-12-5-1-2-6-13-23)18-14-25-20(22-18)21-17-11-7-9-15-8-3-4-10-16(15)17/h3-4,7-11,14H,1-2,5-6,12-13H2,(H,21,22). The highest BCUT2D eigenvalue weighted by atomic mass is 32.1. The molecule has 0 saturated carbocycles. The van der Waals surface area contributed by atoms with Crippen LogP contribution >= 0.6 is 11.3 Å². The van der Waals surface area contributed by atoms with Gasteiger partial charge in [0.05, 0.1) is 0 Å². The van der Waals surface area contributed by atoms with E-state index < -0.39 is 0 Å². The number of likely N-dealkylation sites (tertiary alicyclic amines) is 1. The molecule has 4 nitrogen and oxygen atoms in total. The molecule has 5 heteroatoms. The van der Waals surface area contributed by atoms with Gasteiger partial charge in [0.25, 0.3) is 5.91 Å². The smallest absolute Gasteiger partial charge is 0.273 e. The van der Waals surface area contributed by atoms with Gasteiger partial charge in [0, 0.05) is 29.5 Å². The summed E-state index contributed by atoms with van der Waals surface area (Å²) in [6.45, 7) is 1.70. The topological polar surface area (TPSA) is 45.2 Å². The predicted molar refractivity (Wildman–Crippen MR) is 104 cm³/mol. The molecule has 1 aromatic heterocycles. The summed E-state index contributed by atoms with van der Waals surface area (Å²) in [6, 6.07) is 14.4. The van der Waals surface area contributed by atoms with E-state index in [2.05, 4.69) is 28.5 Å². The average Bonchev–Trinajstić information content (AvgIpc) is 2.94. The number of anilines is 2. The maximum absolute atomic E-state index is 12.7. The van der Waals surface area contributed by atoms with Gasteiger partial charge in [0.1, 0.15) is 5.69 Å². The van der Waals surface area contributed by atoms with Gasteiger partial charge in [-0.3, -0.25) is 4.79 Å². The fourth-order valence-electron chi connectivity index (χ4n) is 3.31. The second-order valence-electron chi connectivity index (χ2n) is 6.40. The number of thiazole rings is 1. The molecular weight excluding hydrogens is 330 g/mol. The largest absolute Gasteiger partial charge is 0.337 e. The minimum atomic E-state index is 0.0594. The van der Waals surface area contributed by atoms with Crippen LogP contribution in [0.3, 0.4) is 0 Å². The minimum Gasteiger partial charge on any atom is -0.337 e. The van der Waals surface area contributed by atoms with E-state index in [4.69, 9.17) is 0 Å². The maximum Gasteiger partial charge on any atom is 0.273 e. The molecule has 0 unspecified atom stereocenters. The Labute approximate surface area is 151 Å². The van der Waals surface area contributed by atoms with Crippen LogP contribution in [0.4, 0.5) is 10.8 Å². The molecule has 1 amide bonds. The molecule has 2 aromatic carbocycles. The average molecular weight is 351 g/mol. The summed E-state index contributed by atoms with van der Waals surface area (Å²) in [6.07, 6.45) is 4.62. The molecule has 1 aliphatic heterocycles. The van der Waals surface area contributed by atoms with Crippen molar-refractivity contribution in [2.75, 3.05) is 18.4 Å². The Balaban J connectivity index is 1.54. The van der Waals surface area contributed by atoms with Gasteiger partial charge in [-0.25, -0.2) is 4.98 Å². The fraction of sp³-hybridized carbons (Fsp3) is 0.300. The summed E-state index contributed by atoms with van der Waals surface area (Å²) in [5.74, 6) is 0.0594. The number of nitrogens with zero attached hydrogens (tertiary/aromatic N) is 2. The van der Waals surface area contributed by atoms with Gasteiger partial charge >= 0.3 is 0 Å². The Hall–Kier alpha value is -2.40. The Morgan fingerprint density at radius 3 is 2.60 bits per heavy atom. The molecule has 1 fully saturated rings. The maximum atomic E-state index is 12.7. The fourth-order valence-corrected chi connectivity index (χ4v) is 4.01. The lowest BCUT2D eigenvalue weighted by molar-refractivity contribution is 0.0756. The van der Waals surface area contributed by atoms with Crippen LogP contribution < -0.4 is 5.32 Å². The Bertz CT molecular complexity index is 876. The lowest BCUT2D eigenvalue weighted by atomic mass is 10.1. The molecular formula is C20H21N3OS. The van der Waals surface area contributed by atoms with E-state index in [0.717, 1.165) is 42.1 Å². The van der Waals surface area contributed by atoms with Crippen molar-refractivity contribution in [1.29, 1.82) is 0 Å². The highest BCUT2D eigenvalue weighted by Crippen LogP contribution is 2.28. The number of fused-ring (bicyclic) bond motifs is 1. The number of hydrogen-bond donors (Lipinski definition) is 1. The monoisotopic (exact) mass is 351 g/mol. The highest BCUT2D eigenvalue weighted by Gasteiger charge is 2.20. The third kappa shape index (κ3) is 3.51. The Morgan fingerprint density at radius 2 is 1.76 bits per heavy atom. The molecule has 0 atom stereocenters. The Kier molecular flexibility index (Phi) is 4.65. The van der Waals surface area contributed by atoms with E-state index in [9.17, 15) is 4.79 Å². The lowest BCUT2D eigenvalue weighted by Gasteiger charge is -2.18. The van der Waals surface area contributed by atoms with Gasteiger partial charge < -0.3 is 10.2 Å². The predicted octanol–water partition coefficient (Wildman–Crippen LogP) is 5.06. The molecule has 1 N–H and O–H groups in total. The molecule has 3 aromatic rings. The van der Waals surface area contributed by atoms with E-state index in [1.54, 1.807) is 0 Å². The number of aromatic nitrogens is 1. The number of carbonyl (C=O) groups is 1. The van der Waals surface area contributed by atoms with Gasteiger partial charge in [0.2, 0.25) is 0 Å². The van der Waals surface area contributed by atoms with Gasteiger partial charge in [-0.15, -0.1) is 11.3 Å². The van der Waals surface area contributed by atoms with Crippen molar-refractivity contribution in [3.05, 3.63) is 53.5 Å². The van der Waals surface area contributed by atoms with Crippen molar-refractivity contribution in [3.8, 4) is 0 Å². The van der Waals surface area contributed by atoms with Crippen molar-refractivity contribution >= 4 is 38.8 Å². The summed E-state index contributed by atoms with van der Waals surface area (Å²) in [4.78, 5) is 19.2. The van der Waals surface area contributed by atoms with Crippen molar-refractivity contribution in [2.45, 2.75) is 25.7 Å². The molecule has 1 saturated heterocycles. The summed E-state index contributed by atoms with van der Waals surface area (Å²) >= 11 is 1.48. The Morgan fingerprint density at radius 1 is 1.00 bits per heavy atom. The molecule has 4 rings (SSSR count). The second kappa shape index (κ2) is 7.23. The first-order valence-electron chi connectivity index (χ1n) is 8.81. The lowest BCUT2D eigenvalue weighted by Crippen LogP contribution is -2.32. The quantitative estimate of drug-likeness (QED) is 0.718. The SMILES string of the molecule is O=C(c1csc(Nc2cccc3ccccc23)n1)N1CCCCCC1. The molecule has 2 heterocycles. The number of nitrogens with one attached hydrogen (secondary N) is 1. The number of rotatable bonds is 3. The number of hydrogen-bond acceptors (Lipinski definition) is 4. The molecule has 0 bridgehead atoms. The summed E-state index contributed by atoms with van der Waals surface area (Å²) in [7, 11) is 0. The van der Waals surface area contributed by atoms with E-state index in [0.29, 0.717) is 5.69 Å². The summed E-state index contributed by atoms with van der Waals surface area (Å²) in [5.41, 5.74) is 1.57. The summed E-state index contributed by atoms with van der Waals surface area (Å²) < 4.78 is 0. The van der Waals surface area contributed by atoms with Crippen LogP contribution in [0, 0.1) is 0 Å². The first-order valence-corrected chi connectivity index (χ1v) is 9.69. The van der Waals surface area contributed by atoms with E-state index in [1.807, 2.05) is 34.5 Å². The van der Waals surface area contributed by atoms with Crippen LogP contribution in [0.1, 0.15) is 36.2 Å². The zero-order valence-corrected chi connectivity index (χ0v) is 14.9. The van der Waals surface area contributed by atoms with E-state index in [-0.39, 0.29) is 5.91 Å². The van der Waals surface area contributed by atoms with E-state index >= 15 is 0 Å².